The summed E-state index contributed by atoms with van der Waals surface area (Å²) < 4.78 is 5.40. The molecule has 0 aromatic heterocycles. The van der Waals surface area contributed by atoms with Crippen molar-refractivity contribution in [1.82, 2.24) is 0 Å². The zero-order chi connectivity index (χ0) is 14.8. The van der Waals surface area contributed by atoms with Gasteiger partial charge in [-0.05, 0) is 55.3 Å². The van der Waals surface area contributed by atoms with Gasteiger partial charge in [-0.25, -0.2) is 0 Å². The molecule has 6 atom stereocenters. The molecule has 3 nitrogen and oxygen atoms in total. The lowest BCUT2D eigenvalue weighted by Crippen LogP contribution is -2.58. The van der Waals surface area contributed by atoms with Crippen molar-refractivity contribution in [2.24, 2.45) is 34.5 Å². The number of Topliss-reactive ketones (excluding diaryl/α,β-unsaturated/α-hetero) is 1. The molecule has 0 unspecified atom stereocenters. The molecule has 1 aliphatic heterocycles. The fraction of sp³-hybridized carbons (Fsp3) is 0.889. The van der Waals surface area contributed by atoms with Crippen LogP contribution in [0.1, 0.15) is 58.8 Å². The smallest absolute Gasteiger partial charge is 0.309 e. The van der Waals surface area contributed by atoms with Gasteiger partial charge in [-0.2, -0.15) is 0 Å². The summed E-state index contributed by atoms with van der Waals surface area (Å²) in [6, 6.07) is 0. The van der Waals surface area contributed by atoms with Crippen LogP contribution in [0.15, 0.2) is 0 Å². The first-order valence-electron chi connectivity index (χ1n) is 8.66. The van der Waals surface area contributed by atoms with Crippen molar-refractivity contribution in [3.8, 4) is 0 Å². The summed E-state index contributed by atoms with van der Waals surface area (Å²) in [6.07, 6.45) is 7.24. The second-order valence-electron chi connectivity index (χ2n) is 8.40. The standard InChI is InChI=1S/C18H26O3/c1-17-8-3-4-14(19)12(17)7-9-18(2)13-10-21-16(20)11(13)5-6-15(17)18/h11-13,15H,3-10H2,1-2H3/t11-,12-,13-,15-,17+,18+/m1/s1. The highest BCUT2D eigenvalue weighted by Gasteiger charge is 2.63. The molecule has 0 aromatic rings. The highest BCUT2D eigenvalue weighted by molar-refractivity contribution is 5.83. The number of carbonyl (C=O) groups excluding carboxylic acids is 2. The zero-order valence-corrected chi connectivity index (χ0v) is 13.2. The zero-order valence-electron chi connectivity index (χ0n) is 13.2. The molecular weight excluding hydrogens is 264 g/mol. The van der Waals surface area contributed by atoms with Gasteiger partial charge >= 0.3 is 5.97 Å². The number of cyclic esters (lactones) is 1. The first-order valence-corrected chi connectivity index (χ1v) is 8.66. The predicted octanol–water partition coefficient (Wildman–Crippen LogP) is 3.36. The van der Waals surface area contributed by atoms with Crippen LogP contribution in [-0.4, -0.2) is 18.4 Å². The summed E-state index contributed by atoms with van der Waals surface area (Å²) in [7, 11) is 0. The van der Waals surface area contributed by atoms with Crippen LogP contribution in [0.2, 0.25) is 0 Å². The highest BCUT2D eigenvalue weighted by Crippen LogP contribution is 2.66. The van der Waals surface area contributed by atoms with Crippen molar-refractivity contribution in [1.29, 1.82) is 0 Å². The van der Waals surface area contributed by atoms with E-state index in [0.29, 0.717) is 24.2 Å². The average Bonchev–Trinajstić information content (AvgIpc) is 2.81. The van der Waals surface area contributed by atoms with Crippen LogP contribution in [0.5, 0.6) is 0 Å². The maximum Gasteiger partial charge on any atom is 0.309 e. The van der Waals surface area contributed by atoms with Crippen molar-refractivity contribution in [3.63, 3.8) is 0 Å². The summed E-state index contributed by atoms with van der Waals surface area (Å²) in [5.74, 6) is 1.92. The molecule has 3 saturated carbocycles. The van der Waals surface area contributed by atoms with E-state index >= 15 is 0 Å². The minimum atomic E-state index is 0.0340. The van der Waals surface area contributed by atoms with Gasteiger partial charge < -0.3 is 4.74 Å². The first kappa shape index (κ1) is 13.8. The monoisotopic (exact) mass is 290 g/mol. The quantitative estimate of drug-likeness (QED) is 0.642. The third-order valence-electron chi connectivity index (χ3n) is 7.69. The molecule has 1 saturated heterocycles. The topological polar surface area (TPSA) is 43.4 Å². The van der Waals surface area contributed by atoms with Crippen molar-refractivity contribution in [3.05, 3.63) is 0 Å². The number of esters is 1. The van der Waals surface area contributed by atoms with Crippen LogP contribution >= 0.6 is 0 Å². The molecule has 3 heteroatoms. The number of hydrogen-bond acceptors (Lipinski definition) is 3. The van der Waals surface area contributed by atoms with Crippen LogP contribution in [0.3, 0.4) is 0 Å². The molecule has 0 aromatic carbocycles. The van der Waals surface area contributed by atoms with E-state index in [2.05, 4.69) is 13.8 Å². The van der Waals surface area contributed by atoms with Crippen molar-refractivity contribution < 1.29 is 14.3 Å². The number of ketones is 1. The number of carbonyl (C=O) groups is 2. The molecule has 4 aliphatic rings. The Bertz CT molecular complexity index is 499. The summed E-state index contributed by atoms with van der Waals surface area (Å²) in [5, 5.41) is 0. The van der Waals surface area contributed by atoms with E-state index in [1.54, 1.807) is 0 Å². The number of rotatable bonds is 0. The van der Waals surface area contributed by atoms with Crippen molar-refractivity contribution >= 4 is 11.8 Å². The second kappa shape index (κ2) is 4.33. The molecule has 0 radical (unpaired) electrons. The molecule has 3 aliphatic carbocycles. The molecule has 116 valence electrons. The largest absolute Gasteiger partial charge is 0.465 e. The minimum absolute atomic E-state index is 0.0340. The van der Waals surface area contributed by atoms with Gasteiger partial charge in [0, 0.05) is 18.3 Å². The summed E-state index contributed by atoms with van der Waals surface area (Å²) >= 11 is 0. The second-order valence-corrected chi connectivity index (χ2v) is 8.40. The molecule has 4 fully saturated rings. The van der Waals surface area contributed by atoms with Crippen molar-refractivity contribution in [2.45, 2.75) is 58.8 Å². The first-order chi connectivity index (χ1) is 9.97. The fourth-order valence-electron chi connectivity index (χ4n) is 6.63. The van der Waals surface area contributed by atoms with Crippen LogP contribution in [0, 0.1) is 34.5 Å². The average molecular weight is 290 g/mol. The van der Waals surface area contributed by atoms with Gasteiger partial charge in [-0.1, -0.05) is 13.8 Å². The molecule has 4 rings (SSSR count). The van der Waals surface area contributed by atoms with Gasteiger partial charge in [0.15, 0.2) is 0 Å². The Labute approximate surface area is 126 Å². The van der Waals surface area contributed by atoms with E-state index in [-0.39, 0.29) is 28.6 Å². The molecule has 0 spiro atoms. The van der Waals surface area contributed by atoms with Crippen molar-refractivity contribution in [2.75, 3.05) is 6.61 Å². The van der Waals surface area contributed by atoms with Gasteiger partial charge in [0.1, 0.15) is 5.78 Å². The number of fused-ring (bicyclic) bond motifs is 5. The van der Waals surface area contributed by atoms with E-state index < -0.39 is 0 Å². The minimum Gasteiger partial charge on any atom is -0.465 e. The van der Waals surface area contributed by atoms with Gasteiger partial charge in [0.25, 0.3) is 0 Å². The fourth-order valence-corrected chi connectivity index (χ4v) is 6.63. The van der Waals surface area contributed by atoms with E-state index in [4.69, 9.17) is 4.74 Å². The highest BCUT2D eigenvalue weighted by atomic mass is 16.5. The molecule has 0 bridgehead atoms. The van der Waals surface area contributed by atoms with E-state index in [1.165, 1.54) is 6.42 Å². The van der Waals surface area contributed by atoms with E-state index in [9.17, 15) is 9.59 Å². The lowest BCUT2D eigenvalue weighted by atomic mass is 9.42. The summed E-state index contributed by atoms with van der Waals surface area (Å²) in [5.41, 5.74) is 0.358. The number of hydrogen-bond donors (Lipinski definition) is 0. The van der Waals surface area contributed by atoms with E-state index in [1.807, 2.05) is 0 Å². The molecule has 21 heavy (non-hydrogen) atoms. The number of ether oxygens (including phenoxy) is 1. The summed E-state index contributed by atoms with van der Waals surface area (Å²) in [4.78, 5) is 24.4. The Morgan fingerprint density at radius 1 is 1.05 bits per heavy atom. The molecule has 0 amide bonds. The lowest BCUT2D eigenvalue weighted by Gasteiger charge is -2.61. The van der Waals surface area contributed by atoms with Crippen LogP contribution < -0.4 is 0 Å². The lowest BCUT2D eigenvalue weighted by molar-refractivity contribution is -0.160. The Morgan fingerprint density at radius 3 is 2.67 bits per heavy atom. The van der Waals surface area contributed by atoms with Crippen LogP contribution in [0.4, 0.5) is 0 Å². The SMILES string of the molecule is C[C@]12CCCC(=O)[C@H]1CC[C@]1(C)[C@@H]2CC[C@H]2C(=O)OC[C@H]21. The molecular formula is C18H26O3. The Kier molecular flexibility index (Phi) is 2.84. The Hall–Kier alpha value is -0.860. The van der Waals surface area contributed by atoms with Gasteiger partial charge in [-0.3, -0.25) is 9.59 Å². The van der Waals surface area contributed by atoms with Crippen LogP contribution in [0.25, 0.3) is 0 Å². The predicted molar refractivity (Wildman–Crippen MR) is 78.5 cm³/mol. The summed E-state index contributed by atoms with van der Waals surface area (Å²) in [6.45, 7) is 5.37. The van der Waals surface area contributed by atoms with Gasteiger partial charge in [-0.15, -0.1) is 0 Å². The van der Waals surface area contributed by atoms with E-state index in [0.717, 1.165) is 38.5 Å². The van der Waals surface area contributed by atoms with Gasteiger partial charge in [0.05, 0.1) is 12.5 Å². The third-order valence-corrected chi connectivity index (χ3v) is 7.69. The molecule has 0 N–H and O–H groups in total. The molecule has 1 heterocycles. The maximum absolute atomic E-state index is 12.4. The Morgan fingerprint density at radius 2 is 1.86 bits per heavy atom. The maximum atomic E-state index is 12.4. The normalized spacial score (nSPS) is 52.7. The van der Waals surface area contributed by atoms with Crippen LogP contribution in [-0.2, 0) is 14.3 Å². The van der Waals surface area contributed by atoms with Gasteiger partial charge in [0.2, 0.25) is 0 Å². The Balaban J connectivity index is 1.72. The third kappa shape index (κ3) is 1.66.